The van der Waals surface area contributed by atoms with E-state index in [2.05, 4.69) is 56.4 Å². The third-order valence-electron chi connectivity index (χ3n) is 3.08. The molecule has 0 aliphatic rings. The number of halogens is 2. The van der Waals surface area contributed by atoms with Gasteiger partial charge in [-0.15, -0.1) is 0 Å². The van der Waals surface area contributed by atoms with Gasteiger partial charge < -0.3 is 4.57 Å². The summed E-state index contributed by atoms with van der Waals surface area (Å²) in [5.41, 5.74) is 2.34. The number of hydrogen-bond acceptors (Lipinski definition) is 1. The molecule has 3 rings (SSSR count). The van der Waals surface area contributed by atoms with Crippen molar-refractivity contribution < 1.29 is 0 Å². The molecule has 0 fully saturated rings. The lowest BCUT2D eigenvalue weighted by atomic mass is 10.2. The number of imidazole rings is 1. The summed E-state index contributed by atoms with van der Waals surface area (Å²) in [7, 11) is 0. The van der Waals surface area contributed by atoms with E-state index in [0.717, 1.165) is 23.0 Å². The first kappa shape index (κ1) is 13.6. The molecule has 0 aliphatic carbocycles. The minimum atomic E-state index is 0.761. The zero-order chi connectivity index (χ0) is 13.9. The standard InChI is InChI=1S/C16H12ClIN2/c17-14-5-1-12(2-6-14)11-20-10-9-19-16(20)13-3-7-15(18)8-4-13/h1-10H,11H2. The van der Waals surface area contributed by atoms with Gasteiger partial charge in [0.2, 0.25) is 0 Å². The first-order valence-electron chi connectivity index (χ1n) is 6.24. The van der Waals surface area contributed by atoms with Crippen LogP contribution < -0.4 is 0 Å². The van der Waals surface area contributed by atoms with Crippen LogP contribution in [0, 0.1) is 3.57 Å². The number of hydrogen-bond donors (Lipinski definition) is 0. The molecule has 0 radical (unpaired) electrons. The molecule has 0 saturated heterocycles. The summed E-state index contributed by atoms with van der Waals surface area (Å²) in [5, 5.41) is 0.761. The third-order valence-corrected chi connectivity index (χ3v) is 4.06. The topological polar surface area (TPSA) is 17.8 Å². The summed E-state index contributed by atoms with van der Waals surface area (Å²) in [5.74, 6) is 0.983. The SMILES string of the molecule is Clc1ccc(Cn2ccnc2-c2ccc(I)cc2)cc1. The van der Waals surface area contributed by atoms with Gasteiger partial charge in [0.15, 0.2) is 0 Å². The highest BCUT2D eigenvalue weighted by Gasteiger charge is 2.06. The Morgan fingerprint density at radius 1 is 1.00 bits per heavy atom. The number of nitrogens with zero attached hydrogens (tertiary/aromatic N) is 2. The number of benzene rings is 2. The molecule has 1 aromatic heterocycles. The van der Waals surface area contributed by atoms with Crippen molar-refractivity contribution in [3.63, 3.8) is 0 Å². The van der Waals surface area contributed by atoms with Gasteiger partial charge in [-0.3, -0.25) is 0 Å². The second-order valence-corrected chi connectivity index (χ2v) is 6.19. The molecular weight excluding hydrogens is 383 g/mol. The molecule has 0 aliphatic heterocycles. The van der Waals surface area contributed by atoms with Crippen molar-refractivity contribution in [3.05, 3.63) is 75.1 Å². The minimum absolute atomic E-state index is 0.761. The Morgan fingerprint density at radius 3 is 2.40 bits per heavy atom. The lowest BCUT2D eigenvalue weighted by Gasteiger charge is -2.08. The highest BCUT2D eigenvalue weighted by Crippen LogP contribution is 2.20. The molecular formula is C16H12ClIN2. The van der Waals surface area contributed by atoms with Crippen LogP contribution in [-0.2, 0) is 6.54 Å². The predicted octanol–water partition coefficient (Wildman–Crippen LogP) is 4.86. The fraction of sp³-hybridized carbons (Fsp3) is 0.0625. The first-order valence-corrected chi connectivity index (χ1v) is 7.69. The highest BCUT2D eigenvalue weighted by atomic mass is 127. The van der Waals surface area contributed by atoms with Gasteiger partial charge in [0, 0.05) is 33.1 Å². The lowest BCUT2D eigenvalue weighted by Crippen LogP contribution is -2.00. The molecule has 3 aromatic rings. The van der Waals surface area contributed by atoms with Crippen LogP contribution in [0.25, 0.3) is 11.4 Å². The summed E-state index contributed by atoms with van der Waals surface area (Å²) in [6.45, 7) is 0.790. The van der Waals surface area contributed by atoms with E-state index in [1.807, 2.05) is 36.7 Å². The molecule has 0 amide bonds. The van der Waals surface area contributed by atoms with Crippen molar-refractivity contribution >= 4 is 34.2 Å². The Hall–Kier alpha value is -1.33. The van der Waals surface area contributed by atoms with Crippen molar-refractivity contribution in [3.8, 4) is 11.4 Å². The summed E-state index contributed by atoms with van der Waals surface area (Å²) in [6.07, 6.45) is 3.84. The second kappa shape index (κ2) is 5.97. The molecule has 0 atom stereocenters. The molecule has 2 nitrogen and oxygen atoms in total. The van der Waals surface area contributed by atoms with Gasteiger partial charge in [-0.1, -0.05) is 35.9 Å². The van der Waals surface area contributed by atoms with Crippen LogP contribution in [0.5, 0.6) is 0 Å². The van der Waals surface area contributed by atoms with Gasteiger partial charge in [0.25, 0.3) is 0 Å². The average molecular weight is 395 g/mol. The number of rotatable bonds is 3. The Balaban J connectivity index is 1.90. The van der Waals surface area contributed by atoms with E-state index in [1.54, 1.807) is 0 Å². The Bertz CT molecular complexity index is 702. The van der Waals surface area contributed by atoms with E-state index < -0.39 is 0 Å². The van der Waals surface area contributed by atoms with Gasteiger partial charge >= 0.3 is 0 Å². The fourth-order valence-electron chi connectivity index (χ4n) is 2.08. The maximum Gasteiger partial charge on any atom is 0.140 e. The van der Waals surface area contributed by atoms with Crippen LogP contribution in [0.1, 0.15) is 5.56 Å². The van der Waals surface area contributed by atoms with E-state index in [1.165, 1.54) is 9.13 Å². The predicted molar refractivity (Wildman–Crippen MR) is 90.9 cm³/mol. The van der Waals surface area contributed by atoms with E-state index >= 15 is 0 Å². The maximum atomic E-state index is 5.92. The first-order chi connectivity index (χ1) is 9.72. The quantitative estimate of drug-likeness (QED) is 0.580. The van der Waals surface area contributed by atoms with Crippen LogP contribution in [-0.4, -0.2) is 9.55 Å². The van der Waals surface area contributed by atoms with Gasteiger partial charge in [-0.05, 0) is 52.4 Å². The van der Waals surface area contributed by atoms with E-state index in [9.17, 15) is 0 Å². The van der Waals surface area contributed by atoms with Crippen LogP contribution >= 0.6 is 34.2 Å². The van der Waals surface area contributed by atoms with Crippen molar-refractivity contribution in [1.82, 2.24) is 9.55 Å². The largest absolute Gasteiger partial charge is 0.327 e. The van der Waals surface area contributed by atoms with Gasteiger partial charge in [0.1, 0.15) is 5.82 Å². The van der Waals surface area contributed by atoms with Crippen molar-refractivity contribution in [1.29, 1.82) is 0 Å². The third kappa shape index (κ3) is 3.04. The van der Waals surface area contributed by atoms with Crippen molar-refractivity contribution in [2.75, 3.05) is 0 Å². The maximum absolute atomic E-state index is 5.92. The molecule has 4 heteroatoms. The molecule has 20 heavy (non-hydrogen) atoms. The molecule has 2 aromatic carbocycles. The molecule has 0 spiro atoms. The highest BCUT2D eigenvalue weighted by molar-refractivity contribution is 14.1. The Labute approximate surface area is 136 Å². The molecule has 1 heterocycles. The molecule has 0 bridgehead atoms. The van der Waals surface area contributed by atoms with Crippen LogP contribution in [0.3, 0.4) is 0 Å². The zero-order valence-corrected chi connectivity index (χ0v) is 13.5. The van der Waals surface area contributed by atoms with Crippen molar-refractivity contribution in [2.45, 2.75) is 6.54 Å². The summed E-state index contributed by atoms with van der Waals surface area (Å²) in [6, 6.07) is 16.3. The molecule has 0 unspecified atom stereocenters. The Kier molecular flexibility index (Phi) is 4.08. The smallest absolute Gasteiger partial charge is 0.140 e. The molecule has 100 valence electrons. The minimum Gasteiger partial charge on any atom is -0.327 e. The lowest BCUT2D eigenvalue weighted by molar-refractivity contribution is 0.807. The molecule has 0 N–H and O–H groups in total. The summed E-state index contributed by atoms with van der Waals surface area (Å²) >= 11 is 8.22. The fourth-order valence-corrected chi connectivity index (χ4v) is 2.57. The average Bonchev–Trinajstić information content (AvgIpc) is 2.90. The number of aromatic nitrogens is 2. The van der Waals surface area contributed by atoms with Crippen LogP contribution in [0.15, 0.2) is 60.9 Å². The Morgan fingerprint density at radius 2 is 1.70 bits per heavy atom. The monoisotopic (exact) mass is 394 g/mol. The second-order valence-electron chi connectivity index (χ2n) is 4.51. The van der Waals surface area contributed by atoms with Crippen LogP contribution in [0.4, 0.5) is 0 Å². The van der Waals surface area contributed by atoms with Crippen LogP contribution in [0.2, 0.25) is 5.02 Å². The van der Waals surface area contributed by atoms with E-state index in [4.69, 9.17) is 11.6 Å². The van der Waals surface area contributed by atoms with E-state index in [0.29, 0.717) is 0 Å². The summed E-state index contributed by atoms with van der Waals surface area (Å²) < 4.78 is 3.37. The molecule has 0 saturated carbocycles. The summed E-state index contributed by atoms with van der Waals surface area (Å²) in [4.78, 5) is 4.46. The van der Waals surface area contributed by atoms with Gasteiger partial charge in [-0.25, -0.2) is 4.98 Å². The van der Waals surface area contributed by atoms with E-state index in [-0.39, 0.29) is 0 Å². The zero-order valence-electron chi connectivity index (χ0n) is 10.6. The normalized spacial score (nSPS) is 10.7. The van der Waals surface area contributed by atoms with Gasteiger partial charge in [-0.2, -0.15) is 0 Å². The van der Waals surface area contributed by atoms with Gasteiger partial charge in [0.05, 0.1) is 0 Å². The van der Waals surface area contributed by atoms with Crippen molar-refractivity contribution in [2.24, 2.45) is 0 Å².